The molecule has 0 saturated carbocycles. The molecule has 13 heteroatoms. The largest absolute Gasteiger partial charge is 0.444 e. The van der Waals surface area contributed by atoms with Gasteiger partial charge in [0.25, 0.3) is 0 Å². The minimum absolute atomic E-state index is 0.106. The van der Waals surface area contributed by atoms with Crippen molar-refractivity contribution in [3.63, 3.8) is 0 Å². The predicted octanol–water partition coefficient (Wildman–Crippen LogP) is 5.74. The zero-order valence-electron chi connectivity index (χ0n) is 26.6. The molecule has 2 fully saturated rings. The number of nitrogens with zero attached hydrogens (tertiary/aromatic N) is 4. The van der Waals surface area contributed by atoms with Gasteiger partial charge in [-0.1, -0.05) is 0 Å². The normalized spacial score (nSPS) is 16.6. The SMILES string of the molecule is CC(C)(C)OC(=O)N1CCC(Nc2cccnc2NC(=O)Nc2ncccc2NC2CCN(C(=O)OC(C)(C)C)CC2)CC1. The smallest absolute Gasteiger partial charge is 0.410 e. The van der Waals surface area contributed by atoms with Crippen molar-refractivity contribution in [2.75, 3.05) is 47.4 Å². The van der Waals surface area contributed by atoms with Crippen molar-refractivity contribution in [3.05, 3.63) is 36.7 Å². The van der Waals surface area contributed by atoms with E-state index >= 15 is 0 Å². The van der Waals surface area contributed by atoms with Crippen LogP contribution in [0.4, 0.5) is 37.4 Å². The monoisotopic (exact) mass is 610 g/mol. The van der Waals surface area contributed by atoms with E-state index in [-0.39, 0.29) is 24.3 Å². The van der Waals surface area contributed by atoms with Crippen molar-refractivity contribution in [2.45, 2.75) is 90.5 Å². The Balaban J connectivity index is 1.29. The first-order valence-electron chi connectivity index (χ1n) is 15.2. The van der Waals surface area contributed by atoms with Crippen molar-refractivity contribution < 1.29 is 23.9 Å². The summed E-state index contributed by atoms with van der Waals surface area (Å²) in [6.07, 6.45) is 5.57. The summed E-state index contributed by atoms with van der Waals surface area (Å²) in [5.74, 6) is 0.777. The molecule has 2 aliphatic heterocycles. The maximum absolute atomic E-state index is 13.1. The van der Waals surface area contributed by atoms with Crippen LogP contribution in [-0.4, -0.2) is 87.5 Å². The molecule has 0 aromatic carbocycles. The number of rotatable bonds is 6. The number of piperidine rings is 2. The van der Waals surface area contributed by atoms with Gasteiger partial charge in [0.2, 0.25) is 0 Å². The maximum Gasteiger partial charge on any atom is 0.410 e. The number of amides is 4. The highest BCUT2D eigenvalue weighted by Gasteiger charge is 2.29. The van der Waals surface area contributed by atoms with E-state index in [0.717, 1.165) is 25.7 Å². The summed E-state index contributed by atoms with van der Waals surface area (Å²) in [6.45, 7) is 13.4. The number of nitrogens with one attached hydrogen (secondary N) is 4. The number of aromatic nitrogens is 2. The van der Waals surface area contributed by atoms with Gasteiger partial charge in [0.15, 0.2) is 11.6 Å². The first-order valence-corrected chi connectivity index (χ1v) is 15.2. The summed E-state index contributed by atoms with van der Waals surface area (Å²) >= 11 is 0. The number of likely N-dealkylation sites (tertiary alicyclic amines) is 2. The van der Waals surface area contributed by atoms with Gasteiger partial charge >= 0.3 is 18.2 Å². The fraction of sp³-hybridized carbons (Fsp3) is 0.581. The van der Waals surface area contributed by atoms with Crippen LogP contribution in [0.5, 0.6) is 0 Å². The number of anilines is 4. The molecule has 0 atom stereocenters. The van der Waals surface area contributed by atoms with E-state index in [4.69, 9.17) is 9.47 Å². The van der Waals surface area contributed by atoms with Crippen molar-refractivity contribution in [1.29, 1.82) is 0 Å². The molecule has 0 aliphatic carbocycles. The van der Waals surface area contributed by atoms with Gasteiger partial charge in [0.05, 0.1) is 11.4 Å². The van der Waals surface area contributed by atoms with Crippen LogP contribution in [0.3, 0.4) is 0 Å². The molecule has 2 aromatic heterocycles. The molecule has 0 unspecified atom stereocenters. The van der Waals surface area contributed by atoms with E-state index in [2.05, 4.69) is 31.2 Å². The number of carbonyl (C=O) groups is 3. The van der Waals surface area contributed by atoms with E-state index in [0.29, 0.717) is 49.2 Å². The molecule has 2 aromatic rings. The van der Waals surface area contributed by atoms with Crippen molar-refractivity contribution in [2.24, 2.45) is 0 Å². The number of carbonyl (C=O) groups excluding carboxylic acids is 3. The maximum atomic E-state index is 13.1. The molecule has 2 aliphatic rings. The van der Waals surface area contributed by atoms with Crippen LogP contribution in [-0.2, 0) is 9.47 Å². The molecule has 4 amide bonds. The van der Waals surface area contributed by atoms with Crippen molar-refractivity contribution in [1.82, 2.24) is 19.8 Å². The third-order valence-electron chi connectivity index (χ3n) is 7.09. The van der Waals surface area contributed by atoms with Crippen LogP contribution in [0.2, 0.25) is 0 Å². The zero-order chi connectivity index (χ0) is 31.9. The summed E-state index contributed by atoms with van der Waals surface area (Å²) in [7, 11) is 0. The van der Waals surface area contributed by atoms with Gasteiger partial charge in [-0.15, -0.1) is 0 Å². The second-order valence-electron chi connectivity index (χ2n) is 13.2. The van der Waals surface area contributed by atoms with Gasteiger partial charge in [-0.3, -0.25) is 10.6 Å². The topological polar surface area (TPSA) is 150 Å². The van der Waals surface area contributed by atoms with Crippen LogP contribution >= 0.6 is 0 Å². The Hall–Kier alpha value is -4.29. The molecule has 13 nitrogen and oxygen atoms in total. The van der Waals surface area contributed by atoms with E-state index in [9.17, 15) is 14.4 Å². The third-order valence-corrected chi connectivity index (χ3v) is 7.09. The first kappa shape index (κ1) is 32.6. The highest BCUT2D eigenvalue weighted by molar-refractivity contribution is 6.02. The standard InChI is InChI=1S/C31H46N8O5/c1-30(2,3)43-28(41)38-17-11-21(12-18-38)34-23-9-7-15-32-25(23)36-27(40)37-26-24(10-8-16-33-26)35-22-13-19-39(20-14-22)29(42)44-31(4,5)6/h7-10,15-16,21-22,34-35H,11-14,17-20H2,1-6H3,(H2,32,33,36,37,40). The quantitative estimate of drug-likeness (QED) is 0.321. The van der Waals surface area contributed by atoms with Crippen LogP contribution in [0.1, 0.15) is 67.2 Å². The fourth-order valence-electron chi connectivity index (χ4n) is 4.99. The van der Waals surface area contributed by atoms with E-state index < -0.39 is 17.2 Å². The Labute approximate surface area is 259 Å². The molecule has 0 spiro atoms. The second-order valence-corrected chi connectivity index (χ2v) is 13.2. The first-order chi connectivity index (χ1) is 20.8. The molecule has 44 heavy (non-hydrogen) atoms. The van der Waals surface area contributed by atoms with Crippen molar-refractivity contribution in [3.8, 4) is 0 Å². The van der Waals surface area contributed by atoms with Gasteiger partial charge in [-0.05, 0) is 91.5 Å². The van der Waals surface area contributed by atoms with Gasteiger partial charge < -0.3 is 29.9 Å². The van der Waals surface area contributed by atoms with E-state index in [1.165, 1.54) is 0 Å². The predicted molar refractivity (Wildman–Crippen MR) is 170 cm³/mol. The Morgan fingerprint density at radius 1 is 0.682 bits per heavy atom. The molecule has 4 N–H and O–H groups in total. The molecular formula is C31H46N8O5. The molecule has 2 saturated heterocycles. The molecule has 4 rings (SSSR count). The fourth-order valence-corrected chi connectivity index (χ4v) is 4.99. The lowest BCUT2D eigenvalue weighted by molar-refractivity contribution is 0.0199. The lowest BCUT2D eigenvalue weighted by Gasteiger charge is -2.34. The van der Waals surface area contributed by atoms with Crippen LogP contribution in [0.15, 0.2) is 36.7 Å². The number of ether oxygens (including phenoxy) is 2. The summed E-state index contributed by atoms with van der Waals surface area (Å²) in [6, 6.07) is 7.06. The van der Waals surface area contributed by atoms with Crippen LogP contribution < -0.4 is 21.3 Å². The number of urea groups is 1. The average molecular weight is 611 g/mol. The lowest BCUT2D eigenvalue weighted by Crippen LogP contribution is -2.44. The Morgan fingerprint density at radius 3 is 1.39 bits per heavy atom. The summed E-state index contributed by atoms with van der Waals surface area (Å²) in [5, 5.41) is 12.6. The Bertz CT molecular complexity index is 1190. The summed E-state index contributed by atoms with van der Waals surface area (Å²) in [5.41, 5.74) is 0.316. The number of hydrogen-bond donors (Lipinski definition) is 4. The Kier molecular flexibility index (Phi) is 10.4. The molecule has 4 heterocycles. The van der Waals surface area contributed by atoms with Gasteiger partial charge in [0.1, 0.15) is 11.2 Å². The van der Waals surface area contributed by atoms with Crippen molar-refractivity contribution >= 4 is 41.2 Å². The van der Waals surface area contributed by atoms with E-state index in [1.807, 2.05) is 53.7 Å². The van der Waals surface area contributed by atoms with E-state index in [1.54, 1.807) is 34.3 Å². The number of pyridine rings is 2. The highest BCUT2D eigenvalue weighted by atomic mass is 16.6. The van der Waals surface area contributed by atoms with Gasteiger partial charge in [0, 0.05) is 50.7 Å². The lowest BCUT2D eigenvalue weighted by atomic mass is 10.0. The summed E-state index contributed by atoms with van der Waals surface area (Å²) < 4.78 is 11.0. The van der Waals surface area contributed by atoms with Gasteiger partial charge in [-0.25, -0.2) is 24.4 Å². The Morgan fingerprint density at radius 2 is 1.05 bits per heavy atom. The molecule has 0 radical (unpaired) electrons. The average Bonchev–Trinajstić information content (AvgIpc) is 2.94. The highest BCUT2D eigenvalue weighted by Crippen LogP contribution is 2.26. The molecule has 240 valence electrons. The number of hydrogen-bond acceptors (Lipinski definition) is 9. The van der Waals surface area contributed by atoms with Gasteiger partial charge in [-0.2, -0.15) is 0 Å². The molecule has 0 bridgehead atoms. The van der Waals surface area contributed by atoms with Crippen LogP contribution in [0.25, 0.3) is 0 Å². The third kappa shape index (κ3) is 9.88. The summed E-state index contributed by atoms with van der Waals surface area (Å²) in [4.78, 5) is 50.1. The minimum Gasteiger partial charge on any atom is -0.444 e. The zero-order valence-corrected chi connectivity index (χ0v) is 26.6. The van der Waals surface area contributed by atoms with Crippen LogP contribution in [0, 0.1) is 0 Å². The molecular weight excluding hydrogens is 564 g/mol. The minimum atomic E-state index is -0.532. The second kappa shape index (κ2) is 14.0.